The van der Waals surface area contributed by atoms with Gasteiger partial charge in [-0.2, -0.15) is 0 Å². The summed E-state index contributed by atoms with van der Waals surface area (Å²) in [5.74, 6) is 0.0903. The van der Waals surface area contributed by atoms with E-state index in [0.29, 0.717) is 0 Å². The molecule has 1 amide bonds. The molecule has 0 aromatic heterocycles. The molecule has 0 N–H and O–H groups in total. The molecule has 0 atom stereocenters. The third-order valence-electron chi connectivity index (χ3n) is 1.72. The van der Waals surface area contributed by atoms with Crippen LogP contribution in [0, 0.1) is 0 Å². The van der Waals surface area contributed by atoms with Crippen molar-refractivity contribution in [2.24, 2.45) is 0 Å². The molecule has 66 valence electrons. The van der Waals surface area contributed by atoms with E-state index in [1.165, 1.54) is 0 Å². The lowest BCUT2D eigenvalue weighted by molar-refractivity contribution is -0.124. The maximum Gasteiger partial charge on any atom is 0.253 e. The predicted octanol–water partition coefficient (Wildman–Crippen LogP) is 1.76. The van der Waals surface area contributed by atoms with Gasteiger partial charge in [-0.1, -0.05) is 12.7 Å². The molecule has 0 saturated heterocycles. The average Bonchev–Trinajstić information content (AvgIpc) is 2.31. The van der Waals surface area contributed by atoms with E-state index >= 15 is 0 Å². The first-order chi connectivity index (χ1) is 5.66. The zero-order chi connectivity index (χ0) is 9.72. The summed E-state index contributed by atoms with van der Waals surface area (Å²) in [4.78, 5) is 12.8. The number of likely N-dealkylation sites (N-methyl/N-ethyl adjacent to an activating group) is 1. The zero-order valence-corrected chi connectivity index (χ0v) is 7.76. The molecular weight excluding hydrogens is 150 g/mol. The third kappa shape index (κ3) is 1.84. The average molecular weight is 165 g/mol. The number of amides is 1. The van der Waals surface area contributed by atoms with Crippen molar-refractivity contribution in [3.8, 4) is 0 Å². The van der Waals surface area contributed by atoms with E-state index in [0.717, 1.165) is 17.7 Å². The van der Waals surface area contributed by atoms with Gasteiger partial charge in [-0.05, 0) is 12.5 Å². The van der Waals surface area contributed by atoms with E-state index in [1.54, 1.807) is 18.0 Å². The van der Waals surface area contributed by atoms with Crippen LogP contribution in [0.15, 0.2) is 37.0 Å². The largest absolute Gasteiger partial charge is 0.338 e. The van der Waals surface area contributed by atoms with Crippen LogP contribution in [-0.4, -0.2) is 24.4 Å². The Labute approximate surface area is 73.9 Å². The topological polar surface area (TPSA) is 20.3 Å². The Hall–Kier alpha value is -1.31. The van der Waals surface area contributed by atoms with Gasteiger partial charge in [0.05, 0.1) is 0 Å². The Kier molecular flexibility index (Phi) is 4.05. The van der Waals surface area contributed by atoms with Crippen molar-refractivity contribution in [1.82, 2.24) is 4.90 Å². The Morgan fingerprint density at radius 2 is 2.00 bits per heavy atom. The molecule has 2 heteroatoms. The van der Waals surface area contributed by atoms with E-state index < -0.39 is 0 Å². The maximum atomic E-state index is 11.1. The predicted molar refractivity (Wildman–Crippen MR) is 51.8 cm³/mol. The van der Waals surface area contributed by atoms with Gasteiger partial charge in [0.2, 0.25) is 0 Å². The van der Waals surface area contributed by atoms with E-state index in [2.05, 4.69) is 19.7 Å². The molecule has 1 aliphatic rings. The van der Waals surface area contributed by atoms with Gasteiger partial charge in [0.15, 0.2) is 0 Å². The van der Waals surface area contributed by atoms with Crippen molar-refractivity contribution in [2.45, 2.75) is 6.92 Å². The van der Waals surface area contributed by atoms with Crippen LogP contribution in [0.1, 0.15) is 6.92 Å². The monoisotopic (exact) mass is 165 g/mol. The van der Waals surface area contributed by atoms with Gasteiger partial charge in [0.1, 0.15) is 0 Å². The van der Waals surface area contributed by atoms with Gasteiger partial charge in [0.25, 0.3) is 5.91 Å². The van der Waals surface area contributed by atoms with Crippen LogP contribution in [0.5, 0.6) is 0 Å². The molecule has 0 fully saturated rings. The van der Waals surface area contributed by atoms with Crippen LogP contribution in [0.4, 0.5) is 0 Å². The molecule has 0 saturated carbocycles. The molecule has 0 unspecified atom stereocenters. The number of hydrogen-bond donors (Lipinski definition) is 0. The van der Waals surface area contributed by atoms with Gasteiger partial charge in [-0.15, -0.1) is 13.2 Å². The number of rotatable bonds is 1. The highest BCUT2D eigenvalue weighted by Gasteiger charge is 2.21. The van der Waals surface area contributed by atoms with E-state index in [9.17, 15) is 4.79 Å². The van der Waals surface area contributed by atoms with Crippen LogP contribution in [0.2, 0.25) is 0 Å². The highest BCUT2D eigenvalue weighted by molar-refractivity contribution is 5.99. The summed E-state index contributed by atoms with van der Waals surface area (Å²) in [6.45, 7) is 12.3. The molecule has 0 spiro atoms. The molecule has 1 heterocycles. The molecule has 1 rings (SSSR count). The first kappa shape index (κ1) is 10.7. The second-order valence-corrected chi connectivity index (χ2v) is 2.56. The molecule has 0 radical (unpaired) electrons. The number of carbonyl (C=O) groups is 1. The summed E-state index contributed by atoms with van der Waals surface area (Å²) < 4.78 is 0. The fourth-order valence-corrected chi connectivity index (χ4v) is 1.16. The molecule has 0 aromatic carbocycles. The van der Waals surface area contributed by atoms with E-state index in [-0.39, 0.29) is 5.91 Å². The normalized spacial score (nSPS) is 15.8. The van der Waals surface area contributed by atoms with Crippen molar-refractivity contribution in [3.05, 3.63) is 37.0 Å². The minimum Gasteiger partial charge on any atom is -0.338 e. The Morgan fingerprint density at radius 3 is 2.17 bits per heavy atom. The summed E-state index contributed by atoms with van der Waals surface area (Å²) >= 11 is 0. The SMILES string of the molecule is C=C.C=CC1=C(C)CN(C)C1=O. The lowest BCUT2D eigenvalue weighted by atomic mass is 10.2. The van der Waals surface area contributed by atoms with Crippen molar-refractivity contribution in [1.29, 1.82) is 0 Å². The summed E-state index contributed by atoms with van der Waals surface area (Å²) in [6.07, 6.45) is 1.63. The summed E-state index contributed by atoms with van der Waals surface area (Å²) in [5, 5.41) is 0. The van der Waals surface area contributed by atoms with Gasteiger partial charge < -0.3 is 4.90 Å². The Balaban J connectivity index is 0.000000561. The molecule has 0 bridgehead atoms. The second-order valence-electron chi connectivity index (χ2n) is 2.56. The van der Waals surface area contributed by atoms with Crippen molar-refractivity contribution < 1.29 is 4.79 Å². The summed E-state index contributed by atoms with van der Waals surface area (Å²) in [6, 6.07) is 0. The lowest BCUT2D eigenvalue weighted by Crippen LogP contribution is -2.21. The van der Waals surface area contributed by atoms with Crippen LogP contribution < -0.4 is 0 Å². The quantitative estimate of drug-likeness (QED) is 0.542. The Bertz CT molecular complexity index is 228. The number of nitrogens with zero attached hydrogens (tertiary/aromatic N) is 1. The first-order valence-corrected chi connectivity index (χ1v) is 3.74. The van der Waals surface area contributed by atoms with Crippen molar-refractivity contribution in [2.75, 3.05) is 13.6 Å². The smallest absolute Gasteiger partial charge is 0.253 e. The first-order valence-electron chi connectivity index (χ1n) is 3.74. The minimum absolute atomic E-state index is 0.0903. The maximum absolute atomic E-state index is 11.1. The van der Waals surface area contributed by atoms with Crippen molar-refractivity contribution in [3.63, 3.8) is 0 Å². The molecule has 0 aromatic rings. The minimum atomic E-state index is 0.0903. The number of hydrogen-bond acceptors (Lipinski definition) is 1. The molecule has 2 nitrogen and oxygen atoms in total. The highest BCUT2D eigenvalue weighted by atomic mass is 16.2. The summed E-state index contributed by atoms with van der Waals surface area (Å²) in [5.41, 5.74) is 1.88. The zero-order valence-electron chi connectivity index (χ0n) is 7.76. The van der Waals surface area contributed by atoms with Gasteiger partial charge in [0, 0.05) is 19.2 Å². The molecule has 12 heavy (non-hydrogen) atoms. The molecular formula is C10H15NO. The van der Waals surface area contributed by atoms with Gasteiger partial charge in [-0.25, -0.2) is 0 Å². The molecule has 0 aliphatic carbocycles. The molecule has 1 aliphatic heterocycles. The standard InChI is InChI=1S/C8H11NO.C2H4/c1-4-7-6(2)5-9(3)8(7)10;1-2/h4H,1,5H2,2-3H3;1-2H2. The highest BCUT2D eigenvalue weighted by Crippen LogP contribution is 2.16. The third-order valence-corrected chi connectivity index (χ3v) is 1.72. The van der Waals surface area contributed by atoms with Crippen LogP contribution in [0.25, 0.3) is 0 Å². The van der Waals surface area contributed by atoms with Crippen LogP contribution >= 0.6 is 0 Å². The fourth-order valence-electron chi connectivity index (χ4n) is 1.16. The Morgan fingerprint density at radius 1 is 1.50 bits per heavy atom. The lowest BCUT2D eigenvalue weighted by Gasteiger charge is -2.06. The van der Waals surface area contributed by atoms with Gasteiger partial charge in [-0.3, -0.25) is 4.79 Å². The van der Waals surface area contributed by atoms with E-state index in [1.807, 2.05) is 6.92 Å². The number of carbonyl (C=O) groups excluding carboxylic acids is 1. The van der Waals surface area contributed by atoms with Crippen molar-refractivity contribution >= 4 is 5.91 Å². The second kappa shape index (κ2) is 4.54. The summed E-state index contributed by atoms with van der Waals surface area (Å²) in [7, 11) is 1.79. The fraction of sp³-hybridized carbons (Fsp3) is 0.300. The van der Waals surface area contributed by atoms with Gasteiger partial charge >= 0.3 is 0 Å². The van der Waals surface area contributed by atoms with E-state index in [4.69, 9.17) is 0 Å². The van der Waals surface area contributed by atoms with Crippen LogP contribution in [-0.2, 0) is 4.79 Å². The van der Waals surface area contributed by atoms with Crippen LogP contribution in [0.3, 0.4) is 0 Å².